The number of carbonyl (C=O) groups is 1. The summed E-state index contributed by atoms with van der Waals surface area (Å²) in [6.45, 7) is 3.65. The molecule has 1 N–H and O–H groups in total. The third-order valence-electron chi connectivity index (χ3n) is 4.89. The van der Waals surface area contributed by atoms with Crippen LogP contribution in [0.2, 0.25) is 0 Å². The molecule has 0 atom stereocenters. The number of carbonyl (C=O) groups excluding carboxylic acids is 1. The van der Waals surface area contributed by atoms with Gasteiger partial charge in [0.1, 0.15) is 5.82 Å². The summed E-state index contributed by atoms with van der Waals surface area (Å²) in [5.74, 6) is -0.967. The number of para-hydroxylation sites is 1. The summed E-state index contributed by atoms with van der Waals surface area (Å²) in [5, 5.41) is 10.8. The molecule has 2 aromatic carbocycles. The van der Waals surface area contributed by atoms with Gasteiger partial charge in [-0.1, -0.05) is 29.5 Å². The molecule has 0 bridgehead atoms. The lowest BCUT2D eigenvalue weighted by molar-refractivity contribution is 0.102. The molecule has 6 nitrogen and oxygen atoms in total. The highest BCUT2D eigenvalue weighted by atomic mass is 19.1. The molecule has 0 radical (unpaired) electrons. The second-order valence-electron chi connectivity index (χ2n) is 6.77. The van der Waals surface area contributed by atoms with E-state index in [9.17, 15) is 9.18 Å². The topological polar surface area (TPSA) is 63.1 Å². The number of hydrogen-bond donors (Lipinski definition) is 1. The van der Waals surface area contributed by atoms with Crippen molar-refractivity contribution in [3.8, 4) is 5.69 Å². The highest BCUT2D eigenvalue weighted by Crippen LogP contribution is 2.25. The third kappa shape index (κ3) is 3.21. The second kappa shape index (κ2) is 6.92. The molecule has 2 heterocycles. The average Bonchev–Trinajstić information content (AvgIpc) is 3.04. The first-order valence-corrected chi connectivity index (χ1v) is 8.82. The number of fused-ring (bicyclic) bond motifs is 1. The molecule has 1 amide bonds. The van der Waals surface area contributed by atoms with Gasteiger partial charge in [-0.25, -0.2) is 9.07 Å². The first-order valence-electron chi connectivity index (χ1n) is 8.82. The van der Waals surface area contributed by atoms with E-state index < -0.39 is 11.7 Å². The lowest BCUT2D eigenvalue weighted by Crippen LogP contribution is -2.27. The van der Waals surface area contributed by atoms with Crippen LogP contribution in [0.5, 0.6) is 0 Å². The molecule has 0 unspecified atom stereocenters. The lowest BCUT2D eigenvalue weighted by atomic mass is 9.98. The molecular weight excluding hydrogens is 345 g/mol. The fourth-order valence-electron chi connectivity index (χ4n) is 3.44. The van der Waals surface area contributed by atoms with E-state index in [0.29, 0.717) is 5.69 Å². The van der Waals surface area contributed by atoms with Gasteiger partial charge < -0.3 is 10.2 Å². The van der Waals surface area contributed by atoms with E-state index >= 15 is 0 Å². The molecule has 0 spiro atoms. The number of nitrogens with one attached hydrogen (secondary N) is 1. The van der Waals surface area contributed by atoms with E-state index in [2.05, 4.69) is 33.6 Å². The quantitative estimate of drug-likeness (QED) is 0.775. The highest BCUT2D eigenvalue weighted by molar-refractivity contribution is 6.03. The van der Waals surface area contributed by atoms with Gasteiger partial charge in [-0.2, -0.15) is 0 Å². The number of likely N-dealkylation sites (N-methyl/N-ethyl adjacent to an activating group) is 1. The molecule has 4 rings (SSSR count). The number of rotatable bonds is 3. The van der Waals surface area contributed by atoms with E-state index in [1.807, 2.05) is 12.1 Å². The van der Waals surface area contributed by atoms with Crippen LogP contribution in [0.4, 0.5) is 10.1 Å². The van der Waals surface area contributed by atoms with Crippen LogP contribution in [-0.2, 0) is 13.0 Å². The van der Waals surface area contributed by atoms with Crippen molar-refractivity contribution < 1.29 is 9.18 Å². The Balaban J connectivity index is 1.66. The van der Waals surface area contributed by atoms with Gasteiger partial charge in [-0.3, -0.25) is 4.79 Å². The minimum Gasteiger partial charge on any atom is -0.318 e. The van der Waals surface area contributed by atoms with Crippen LogP contribution in [0.25, 0.3) is 5.69 Å². The Morgan fingerprint density at radius 2 is 2.00 bits per heavy atom. The van der Waals surface area contributed by atoms with Crippen LogP contribution in [-0.4, -0.2) is 39.4 Å². The van der Waals surface area contributed by atoms with Crippen molar-refractivity contribution in [3.63, 3.8) is 0 Å². The van der Waals surface area contributed by atoms with Crippen molar-refractivity contribution in [1.82, 2.24) is 19.9 Å². The van der Waals surface area contributed by atoms with Crippen LogP contribution in [0.3, 0.4) is 0 Å². The summed E-state index contributed by atoms with van der Waals surface area (Å²) in [7, 11) is 2.10. The Kier molecular flexibility index (Phi) is 4.45. The number of aromatic nitrogens is 3. The van der Waals surface area contributed by atoms with Crippen molar-refractivity contribution in [1.29, 1.82) is 0 Å². The van der Waals surface area contributed by atoms with Crippen molar-refractivity contribution in [2.24, 2.45) is 0 Å². The Morgan fingerprint density at radius 1 is 1.19 bits per heavy atom. The summed E-state index contributed by atoms with van der Waals surface area (Å²) in [6.07, 6.45) is 0.915. The molecule has 0 saturated carbocycles. The van der Waals surface area contributed by atoms with Gasteiger partial charge in [0.15, 0.2) is 5.69 Å². The zero-order valence-corrected chi connectivity index (χ0v) is 15.2. The minimum absolute atomic E-state index is 0.122. The Morgan fingerprint density at radius 3 is 2.81 bits per heavy atom. The summed E-state index contributed by atoms with van der Waals surface area (Å²) >= 11 is 0. The van der Waals surface area contributed by atoms with Gasteiger partial charge in [-0.15, -0.1) is 5.10 Å². The Labute approximate surface area is 156 Å². The monoisotopic (exact) mass is 365 g/mol. The summed E-state index contributed by atoms with van der Waals surface area (Å²) in [6, 6.07) is 12.1. The maximum absolute atomic E-state index is 13.8. The molecule has 7 heteroatoms. The molecule has 0 saturated heterocycles. The van der Waals surface area contributed by atoms with E-state index in [1.54, 1.807) is 23.7 Å². The van der Waals surface area contributed by atoms with E-state index in [0.717, 1.165) is 25.2 Å². The number of benzene rings is 2. The van der Waals surface area contributed by atoms with E-state index in [-0.39, 0.29) is 11.4 Å². The van der Waals surface area contributed by atoms with Crippen molar-refractivity contribution >= 4 is 11.6 Å². The molecule has 1 aliphatic heterocycles. The Bertz CT molecular complexity index is 1010. The number of anilines is 1. The molecular formula is C20H20FN5O. The SMILES string of the molecule is Cc1c(C(=O)Nc2ccccc2F)nnn1-c1cccc2c1CCN(C)C2. The molecule has 0 fully saturated rings. The zero-order valence-electron chi connectivity index (χ0n) is 15.2. The standard InChI is InChI=1S/C20H20FN5O/c1-13-19(20(27)22-17-8-4-3-7-16(17)21)23-24-26(13)18-9-5-6-14-12-25(2)11-10-15(14)18/h3-9H,10-12H2,1-2H3,(H,22,27). The van der Waals surface area contributed by atoms with Crippen LogP contribution in [0.15, 0.2) is 42.5 Å². The summed E-state index contributed by atoms with van der Waals surface area (Å²) in [5.41, 5.74) is 4.35. The van der Waals surface area contributed by atoms with Crippen LogP contribution < -0.4 is 5.32 Å². The molecule has 27 heavy (non-hydrogen) atoms. The molecule has 3 aromatic rings. The number of halogens is 1. The summed E-state index contributed by atoms with van der Waals surface area (Å²) < 4.78 is 15.5. The predicted octanol–water partition coefficient (Wildman–Crippen LogP) is 2.96. The van der Waals surface area contributed by atoms with Gasteiger partial charge in [0.05, 0.1) is 17.1 Å². The number of amides is 1. The van der Waals surface area contributed by atoms with Gasteiger partial charge in [0, 0.05) is 13.1 Å². The highest BCUT2D eigenvalue weighted by Gasteiger charge is 2.22. The fraction of sp³-hybridized carbons (Fsp3) is 0.250. The third-order valence-corrected chi connectivity index (χ3v) is 4.89. The van der Waals surface area contributed by atoms with E-state index in [4.69, 9.17) is 0 Å². The largest absolute Gasteiger partial charge is 0.318 e. The molecule has 1 aromatic heterocycles. The zero-order chi connectivity index (χ0) is 19.0. The molecule has 0 aliphatic carbocycles. The van der Waals surface area contributed by atoms with Gasteiger partial charge >= 0.3 is 0 Å². The molecule has 138 valence electrons. The van der Waals surface area contributed by atoms with Crippen LogP contribution in [0.1, 0.15) is 27.3 Å². The smallest absolute Gasteiger partial charge is 0.278 e. The normalized spacial score (nSPS) is 14.0. The van der Waals surface area contributed by atoms with Crippen molar-refractivity contribution in [3.05, 3.63) is 70.8 Å². The predicted molar refractivity (Wildman–Crippen MR) is 100 cm³/mol. The first-order chi connectivity index (χ1) is 13.0. The van der Waals surface area contributed by atoms with Crippen LogP contribution in [0, 0.1) is 12.7 Å². The minimum atomic E-state index is -0.489. The van der Waals surface area contributed by atoms with Crippen molar-refractivity contribution in [2.75, 3.05) is 18.9 Å². The van der Waals surface area contributed by atoms with Gasteiger partial charge in [0.25, 0.3) is 5.91 Å². The van der Waals surface area contributed by atoms with Crippen LogP contribution >= 0.6 is 0 Å². The molecule has 1 aliphatic rings. The fourth-order valence-corrected chi connectivity index (χ4v) is 3.44. The number of hydrogen-bond acceptors (Lipinski definition) is 4. The maximum Gasteiger partial charge on any atom is 0.278 e. The van der Waals surface area contributed by atoms with Crippen molar-refractivity contribution in [2.45, 2.75) is 19.9 Å². The lowest BCUT2D eigenvalue weighted by Gasteiger charge is -2.26. The average molecular weight is 365 g/mol. The maximum atomic E-state index is 13.8. The first kappa shape index (κ1) is 17.4. The number of nitrogens with zero attached hydrogens (tertiary/aromatic N) is 4. The Hall–Kier alpha value is -3.06. The van der Waals surface area contributed by atoms with Gasteiger partial charge in [0.2, 0.25) is 0 Å². The summed E-state index contributed by atoms with van der Waals surface area (Å²) in [4.78, 5) is 14.8. The van der Waals surface area contributed by atoms with Gasteiger partial charge in [-0.05, 0) is 49.7 Å². The van der Waals surface area contributed by atoms with E-state index in [1.165, 1.54) is 23.3 Å². The second-order valence-corrected chi connectivity index (χ2v) is 6.77.